The zero-order valence-corrected chi connectivity index (χ0v) is 14.9. The third-order valence-electron chi connectivity index (χ3n) is 5.38. The summed E-state index contributed by atoms with van der Waals surface area (Å²) in [6.45, 7) is 2.20. The number of benzene rings is 3. The summed E-state index contributed by atoms with van der Waals surface area (Å²) in [5.41, 5.74) is 7.64. The van der Waals surface area contributed by atoms with Gasteiger partial charge in [0.15, 0.2) is 0 Å². The molecule has 0 saturated heterocycles. The number of hydrogen-bond acceptors (Lipinski definition) is 0. The van der Waals surface area contributed by atoms with Gasteiger partial charge in [-0.15, -0.1) is 0 Å². The minimum Gasteiger partial charge on any atom is -0.355 e. The van der Waals surface area contributed by atoms with Crippen LogP contribution in [-0.4, -0.2) is 4.98 Å². The molecule has 0 spiro atoms. The van der Waals surface area contributed by atoms with Crippen LogP contribution >= 0.6 is 0 Å². The SMILES string of the molecule is Cc1cc(-c2ccc3c4c([nH]c3c2)=CCCC=4)ccc1-c1ccccc1. The van der Waals surface area contributed by atoms with Gasteiger partial charge < -0.3 is 4.98 Å². The van der Waals surface area contributed by atoms with E-state index in [-0.39, 0.29) is 0 Å². The fourth-order valence-electron chi connectivity index (χ4n) is 4.04. The molecular formula is C25H21N. The largest absolute Gasteiger partial charge is 0.355 e. The fraction of sp³-hybridized carbons (Fsp3) is 0.120. The van der Waals surface area contributed by atoms with Gasteiger partial charge in [0.2, 0.25) is 0 Å². The van der Waals surface area contributed by atoms with Gasteiger partial charge in [-0.1, -0.05) is 72.8 Å². The van der Waals surface area contributed by atoms with Crippen molar-refractivity contribution in [3.8, 4) is 22.3 Å². The summed E-state index contributed by atoms with van der Waals surface area (Å²) in [7, 11) is 0. The number of nitrogens with one attached hydrogen (secondary N) is 1. The molecule has 1 N–H and O–H groups in total. The summed E-state index contributed by atoms with van der Waals surface area (Å²) in [4.78, 5) is 3.59. The maximum atomic E-state index is 3.59. The third kappa shape index (κ3) is 2.48. The van der Waals surface area contributed by atoms with Crippen molar-refractivity contribution in [1.29, 1.82) is 0 Å². The second kappa shape index (κ2) is 6.03. The standard InChI is InChI=1S/C25H21N/c1-17-15-19(11-13-21(17)18-7-3-2-4-8-18)20-12-14-23-22-9-5-6-10-24(22)26-25(23)16-20/h2-4,7-16,26H,5-6H2,1H3. The van der Waals surface area contributed by atoms with Crippen LogP contribution in [0.5, 0.6) is 0 Å². The molecule has 4 aromatic rings. The Balaban J connectivity index is 1.61. The van der Waals surface area contributed by atoms with Crippen molar-refractivity contribution >= 4 is 23.1 Å². The quantitative estimate of drug-likeness (QED) is 0.520. The van der Waals surface area contributed by atoms with E-state index in [0.29, 0.717) is 0 Å². The van der Waals surface area contributed by atoms with E-state index in [2.05, 4.69) is 90.8 Å². The second-order valence-corrected chi connectivity index (χ2v) is 7.09. The summed E-state index contributed by atoms with van der Waals surface area (Å²) in [5, 5.41) is 3.98. The molecule has 1 nitrogen and oxygen atoms in total. The first kappa shape index (κ1) is 15.2. The van der Waals surface area contributed by atoms with Crippen molar-refractivity contribution in [1.82, 2.24) is 4.98 Å². The highest BCUT2D eigenvalue weighted by atomic mass is 14.7. The Kier molecular flexibility index (Phi) is 3.53. The van der Waals surface area contributed by atoms with Gasteiger partial charge in [0.1, 0.15) is 0 Å². The Bertz CT molecular complexity index is 1230. The normalized spacial score (nSPS) is 13.1. The summed E-state index contributed by atoms with van der Waals surface area (Å²) in [6, 6.07) is 24.2. The van der Waals surface area contributed by atoms with Crippen LogP contribution < -0.4 is 10.6 Å². The molecular weight excluding hydrogens is 314 g/mol. The maximum absolute atomic E-state index is 3.59. The van der Waals surface area contributed by atoms with Crippen molar-refractivity contribution in [3.05, 3.63) is 82.9 Å². The van der Waals surface area contributed by atoms with Gasteiger partial charge in [0, 0.05) is 21.5 Å². The molecule has 0 bridgehead atoms. The van der Waals surface area contributed by atoms with Gasteiger partial charge in [0.25, 0.3) is 0 Å². The van der Waals surface area contributed by atoms with E-state index in [4.69, 9.17) is 0 Å². The number of hydrogen-bond donors (Lipinski definition) is 1. The molecule has 1 heterocycles. The number of rotatable bonds is 2. The number of fused-ring (bicyclic) bond motifs is 3. The molecule has 1 aromatic heterocycles. The average molecular weight is 335 g/mol. The Morgan fingerprint density at radius 1 is 0.731 bits per heavy atom. The minimum atomic E-state index is 1.13. The van der Waals surface area contributed by atoms with E-state index in [1.807, 2.05) is 0 Å². The smallest absolute Gasteiger partial charge is 0.0470 e. The third-order valence-corrected chi connectivity index (χ3v) is 5.38. The van der Waals surface area contributed by atoms with Crippen LogP contribution in [0.2, 0.25) is 0 Å². The van der Waals surface area contributed by atoms with Crippen molar-refractivity contribution in [2.45, 2.75) is 19.8 Å². The van der Waals surface area contributed by atoms with Crippen LogP contribution in [-0.2, 0) is 0 Å². The predicted molar refractivity (Wildman–Crippen MR) is 111 cm³/mol. The van der Waals surface area contributed by atoms with Crippen LogP contribution in [0.3, 0.4) is 0 Å². The number of aromatic nitrogens is 1. The van der Waals surface area contributed by atoms with Gasteiger partial charge in [-0.05, 0) is 53.6 Å². The lowest BCUT2D eigenvalue weighted by atomic mass is 9.95. The molecule has 0 saturated carbocycles. The molecule has 0 unspecified atom stereocenters. The Morgan fingerprint density at radius 2 is 1.50 bits per heavy atom. The molecule has 5 rings (SSSR count). The molecule has 1 heteroatoms. The van der Waals surface area contributed by atoms with Crippen molar-refractivity contribution in [3.63, 3.8) is 0 Å². The summed E-state index contributed by atoms with van der Waals surface area (Å²) < 4.78 is 0. The van der Waals surface area contributed by atoms with Gasteiger partial charge in [-0.3, -0.25) is 0 Å². The lowest BCUT2D eigenvalue weighted by Crippen LogP contribution is -2.24. The Hall–Kier alpha value is -3.06. The zero-order chi connectivity index (χ0) is 17.5. The van der Waals surface area contributed by atoms with Crippen LogP contribution in [0.4, 0.5) is 0 Å². The van der Waals surface area contributed by atoms with Crippen LogP contribution in [0.15, 0.2) is 66.7 Å². The van der Waals surface area contributed by atoms with Crippen molar-refractivity contribution in [2.24, 2.45) is 0 Å². The van der Waals surface area contributed by atoms with E-state index >= 15 is 0 Å². The monoisotopic (exact) mass is 335 g/mol. The molecule has 126 valence electrons. The molecule has 0 radical (unpaired) electrons. The summed E-state index contributed by atoms with van der Waals surface area (Å²) in [5.74, 6) is 0. The summed E-state index contributed by atoms with van der Waals surface area (Å²) >= 11 is 0. The van der Waals surface area contributed by atoms with Gasteiger partial charge in [-0.2, -0.15) is 0 Å². The first-order valence-electron chi connectivity index (χ1n) is 9.28. The molecule has 26 heavy (non-hydrogen) atoms. The Morgan fingerprint density at radius 3 is 2.35 bits per heavy atom. The van der Waals surface area contributed by atoms with Crippen molar-refractivity contribution in [2.75, 3.05) is 0 Å². The van der Waals surface area contributed by atoms with E-state index in [1.165, 1.54) is 49.3 Å². The van der Waals surface area contributed by atoms with E-state index < -0.39 is 0 Å². The van der Waals surface area contributed by atoms with Gasteiger partial charge >= 0.3 is 0 Å². The highest BCUT2D eigenvalue weighted by Crippen LogP contribution is 2.29. The molecule has 0 amide bonds. The molecule has 0 fully saturated rings. The topological polar surface area (TPSA) is 15.8 Å². The lowest BCUT2D eigenvalue weighted by molar-refractivity contribution is 1.11. The second-order valence-electron chi connectivity index (χ2n) is 7.09. The highest BCUT2D eigenvalue weighted by Gasteiger charge is 2.07. The van der Waals surface area contributed by atoms with E-state index in [1.54, 1.807) is 0 Å². The summed E-state index contributed by atoms with van der Waals surface area (Å²) in [6.07, 6.45) is 6.94. The van der Waals surface area contributed by atoms with Crippen LogP contribution in [0.1, 0.15) is 18.4 Å². The van der Waals surface area contributed by atoms with Crippen LogP contribution in [0.25, 0.3) is 45.3 Å². The minimum absolute atomic E-state index is 1.13. The number of aromatic amines is 1. The van der Waals surface area contributed by atoms with Crippen molar-refractivity contribution < 1.29 is 0 Å². The molecule has 1 aliphatic rings. The molecule has 3 aromatic carbocycles. The van der Waals surface area contributed by atoms with Crippen LogP contribution in [0, 0.1) is 6.92 Å². The predicted octanol–water partition coefficient (Wildman–Crippen LogP) is 5.17. The fourth-order valence-corrected chi connectivity index (χ4v) is 4.04. The van der Waals surface area contributed by atoms with E-state index in [9.17, 15) is 0 Å². The highest BCUT2D eigenvalue weighted by molar-refractivity contribution is 5.87. The molecule has 0 aliphatic heterocycles. The van der Waals surface area contributed by atoms with E-state index in [0.717, 1.165) is 12.8 Å². The first-order valence-corrected chi connectivity index (χ1v) is 9.28. The zero-order valence-electron chi connectivity index (χ0n) is 14.9. The van der Waals surface area contributed by atoms with Gasteiger partial charge in [0.05, 0.1) is 0 Å². The maximum Gasteiger partial charge on any atom is 0.0470 e. The Labute approximate surface area is 153 Å². The first-order chi connectivity index (χ1) is 12.8. The number of H-pyrrole nitrogens is 1. The number of aryl methyl sites for hydroxylation is 1. The average Bonchev–Trinajstić information content (AvgIpc) is 3.06. The molecule has 0 atom stereocenters. The lowest BCUT2D eigenvalue weighted by Gasteiger charge is -2.09. The van der Waals surface area contributed by atoms with Gasteiger partial charge in [-0.25, -0.2) is 0 Å². The molecule has 1 aliphatic carbocycles.